The van der Waals surface area contributed by atoms with Crippen LogP contribution in [0.15, 0.2) is 54.0 Å². The molecule has 1 amide bonds. The first-order valence-corrected chi connectivity index (χ1v) is 7.71. The highest BCUT2D eigenvalue weighted by molar-refractivity contribution is 7.13. The molecule has 0 unspecified atom stereocenters. The van der Waals surface area contributed by atoms with E-state index in [4.69, 9.17) is 0 Å². The maximum atomic E-state index is 12.8. The Kier molecular flexibility index (Phi) is 4.29. The average molecular weight is 315 g/mol. The third-order valence-corrected chi connectivity index (χ3v) is 4.04. The van der Waals surface area contributed by atoms with Gasteiger partial charge < -0.3 is 5.32 Å². The molecule has 0 saturated carbocycles. The van der Waals surface area contributed by atoms with Crippen molar-refractivity contribution in [1.82, 2.24) is 15.1 Å². The Labute approximate surface area is 131 Å². The van der Waals surface area contributed by atoms with Crippen LogP contribution in [-0.4, -0.2) is 22.2 Å². The molecule has 1 N–H and O–H groups in total. The van der Waals surface area contributed by atoms with Crippen LogP contribution in [0.1, 0.15) is 10.4 Å². The number of hydrogen-bond acceptors (Lipinski definition) is 3. The van der Waals surface area contributed by atoms with E-state index in [0.717, 1.165) is 10.6 Å². The van der Waals surface area contributed by atoms with Gasteiger partial charge in [-0.25, -0.2) is 4.39 Å². The monoisotopic (exact) mass is 315 g/mol. The molecule has 3 rings (SSSR count). The van der Waals surface area contributed by atoms with Crippen molar-refractivity contribution in [2.45, 2.75) is 6.54 Å². The first-order valence-electron chi connectivity index (χ1n) is 6.83. The molecule has 0 bridgehead atoms. The molecule has 2 heterocycles. The van der Waals surface area contributed by atoms with E-state index in [2.05, 4.69) is 10.4 Å². The summed E-state index contributed by atoms with van der Waals surface area (Å²) in [5.41, 5.74) is 1.38. The third kappa shape index (κ3) is 3.40. The zero-order valence-electron chi connectivity index (χ0n) is 11.7. The van der Waals surface area contributed by atoms with Crippen LogP contribution in [0, 0.1) is 5.82 Å². The molecule has 22 heavy (non-hydrogen) atoms. The number of rotatable bonds is 5. The molecule has 3 aromatic rings. The van der Waals surface area contributed by atoms with Gasteiger partial charge in [0.25, 0.3) is 5.91 Å². The molecule has 0 aliphatic heterocycles. The lowest BCUT2D eigenvalue weighted by Gasteiger charge is -2.05. The topological polar surface area (TPSA) is 46.9 Å². The number of carbonyl (C=O) groups is 1. The summed E-state index contributed by atoms with van der Waals surface area (Å²) in [7, 11) is 0. The largest absolute Gasteiger partial charge is 0.350 e. The molecular formula is C16H14FN3OS. The van der Waals surface area contributed by atoms with E-state index in [0.29, 0.717) is 18.7 Å². The molecule has 112 valence electrons. The predicted octanol–water partition coefficient (Wildman–Crippen LogP) is 3.18. The molecule has 0 radical (unpaired) electrons. The lowest BCUT2D eigenvalue weighted by Crippen LogP contribution is -2.27. The number of thiophene rings is 1. The number of nitrogens with one attached hydrogen (secondary N) is 1. The second kappa shape index (κ2) is 6.53. The number of aromatic nitrogens is 2. The number of hydrogen-bond donors (Lipinski definition) is 1. The van der Waals surface area contributed by atoms with Crippen molar-refractivity contribution in [3.05, 3.63) is 65.4 Å². The third-order valence-electron chi connectivity index (χ3n) is 3.15. The second-order valence-corrected chi connectivity index (χ2v) is 5.65. The number of benzene rings is 1. The van der Waals surface area contributed by atoms with Crippen molar-refractivity contribution in [2.24, 2.45) is 0 Å². The van der Waals surface area contributed by atoms with E-state index < -0.39 is 0 Å². The fraction of sp³-hybridized carbons (Fsp3) is 0.125. The highest BCUT2D eigenvalue weighted by atomic mass is 32.1. The summed E-state index contributed by atoms with van der Waals surface area (Å²) in [6, 6.07) is 11.4. The van der Waals surface area contributed by atoms with Gasteiger partial charge >= 0.3 is 0 Å². The molecule has 0 aliphatic rings. The second-order valence-electron chi connectivity index (χ2n) is 4.70. The van der Waals surface area contributed by atoms with Crippen LogP contribution in [0.5, 0.6) is 0 Å². The lowest BCUT2D eigenvalue weighted by molar-refractivity contribution is 0.0952. The minimum atomic E-state index is -0.353. The predicted molar refractivity (Wildman–Crippen MR) is 84.3 cm³/mol. The summed E-state index contributed by atoms with van der Waals surface area (Å²) in [6.07, 6.45) is 1.89. The van der Waals surface area contributed by atoms with Crippen LogP contribution in [0.3, 0.4) is 0 Å². The van der Waals surface area contributed by atoms with Gasteiger partial charge in [0.1, 0.15) is 11.5 Å². The number of carbonyl (C=O) groups excluding carboxylic acids is 1. The van der Waals surface area contributed by atoms with Gasteiger partial charge in [-0.3, -0.25) is 9.48 Å². The lowest BCUT2D eigenvalue weighted by atomic mass is 10.2. The first-order chi connectivity index (χ1) is 10.7. The van der Waals surface area contributed by atoms with E-state index >= 15 is 0 Å². The zero-order valence-corrected chi connectivity index (χ0v) is 12.5. The Hall–Kier alpha value is -2.47. The quantitative estimate of drug-likeness (QED) is 0.786. The Morgan fingerprint density at radius 3 is 2.77 bits per heavy atom. The molecule has 0 spiro atoms. The minimum Gasteiger partial charge on any atom is -0.350 e. The summed E-state index contributed by atoms with van der Waals surface area (Å²) in [6.45, 7) is 1.04. The molecule has 0 saturated heterocycles. The van der Waals surface area contributed by atoms with Crippen LogP contribution < -0.4 is 5.32 Å². The molecule has 6 heteroatoms. The summed E-state index contributed by atoms with van der Waals surface area (Å²) in [4.78, 5) is 13.0. The highest BCUT2D eigenvalue weighted by Gasteiger charge is 2.06. The fourth-order valence-corrected chi connectivity index (χ4v) is 2.72. The van der Waals surface area contributed by atoms with E-state index in [-0.39, 0.29) is 11.7 Å². The Bertz CT molecular complexity index is 750. The molecule has 0 aliphatic carbocycles. The summed E-state index contributed by atoms with van der Waals surface area (Å²) in [5.74, 6) is -0.570. The van der Waals surface area contributed by atoms with E-state index in [1.54, 1.807) is 16.0 Å². The van der Waals surface area contributed by atoms with Crippen molar-refractivity contribution in [2.75, 3.05) is 6.54 Å². The Morgan fingerprint density at radius 1 is 1.23 bits per heavy atom. The van der Waals surface area contributed by atoms with Crippen LogP contribution in [0.4, 0.5) is 4.39 Å². The van der Waals surface area contributed by atoms with Crippen LogP contribution in [0.25, 0.3) is 10.6 Å². The fourth-order valence-electron chi connectivity index (χ4n) is 2.03. The smallest absolute Gasteiger partial charge is 0.251 e. The van der Waals surface area contributed by atoms with E-state index in [9.17, 15) is 9.18 Å². The van der Waals surface area contributed by atoms with Crippen molar-refractivity contribution in [3.8, 4) is 10.6 Å². The molecule has 0 fully saturated rings. The zero-order chi connectivity index (χ0) is 15.4. The van der Waals surface area contributed by atoms with Gasteiger partial charge in [0.15, 0.2) is 0 Å². The molecular weight excluding hydrogens is 301 g/mol. The first kappa shape index (κ1) is 14.5. The summed E-state index contributed by atoms with van der Waals surface area (Å²) >= 11 is 1.64. The molecule has 2 aromatic heterocycles. The Balaban J connectivity index is 1.53. The SMILES string of the molecule is O=C(NCCn1ccc(-c2cccs2)n1)c1ccc(F)cc1. The number of halogens is 1. The van der Waals surface area contributed by atoms with Crippen LogP contribution in [-0.2, 0) is 6.54 Å². The van der Waals surface area contributed by atoms with Gasteiger partial charge in [0.05, 0.1) is 11.4 Å². The van der Waals surface area contributed by atoms with Crippen molar-refractivity contribution < 1.29 is 9.18 Å². The van der Waals surface area contributed by atoms with Crippen LogP contribution >= 0.6 is 11.3 Å². The standard InChI is InChI=1S/C16H14FN3OS/c17-13-5-3-12(4-6-13)16(21)18-8-10-20-9-7-14(19-20)15-2-1-11-22-15/h1-7,9,11H,8,10H2,(H,18,21). The van der Waals surface area contributed by atoms with Crippen molar-refractivity contribution in [3.63, 3.8) is 0 Å². The number of amides is 1. The maximum absolute atomic E-state index is 12.8. The maximum Gasteiger partial charge on any atom is 0.251 e. The highest BCUT2D eigenvalue weighted by Crippen LogP contribution is 2.22. The molecule has 0 atom stereocenters. The number of nitrogens with zero attached hydrogens (tertiary/aromatic N) is 2. The van der Waals surface area contributed by atoms with Crippen molar-refractivity contribution >= 4 is 17.2 Å². The summed E-state index contributed by atoms with van der Waals surface area (Å²) < 4.78 is 14.6. The normalized spacial score (nSPS) is 10.6. The van der Waals surface area contributed by atoms with Gasteiger partial charge in [-0.2, -0.15) is 5.10 Å². The van der Waals surface area contributed by atoms with E-state index in [1.165, 1.54) is 24.3 Å². The van der Waals surface area contributed by atoms with Gasteiger partial charge in [-0.15, -0.1) is 11.3 Å². The molecule has 1 aromatic carbocycles. The molecule has 4 nitrogen and oxygen atoms in total. The Morgan fingerprint density at radius 2 is 2.05 bits per heavy atom. The summed E-state index contributed by atoms with van der Waals surface area (Å²) in [5, 5.41) is 9.26. The van der Waals surface area contributed by atoms with Crippen LogP contribution in [0.2, 0.25) is 0 Å². The average Bonchev–Trinajstić information content (AvgIpc) is 3.19. The van der Waals surface area contributed by atoms with Crippen molar-refractivity contribution in [1.29, 1.82) is 0 Å². The van der Waals surface area contributed by atoms with Gasteiger partial charge in [0.2, 0.25) is 0 Å². The minimum absolute atomic E-state index is 0.217. The van der Waals surface area contributed by atoms with Gasteiger partial charge in [-0.05, 0) is 41.8 Å². The van der Waals surface area contributed by atoms with E-state index in [1.807, 2.05) is 29.8 Å². The van der Waals surface area contributed by atoms with Gasteiger partial charge in [0, 0.05) is 18.3 Å². The van der Waals surface area contributed by atoms with Gasteiger partial charge in [-0.1, -0.05) is 6.07 Å².